The molecule has 0 saturated carbocycles. The summed E-state index contributed by atoms with van der Waals surface area (Å²) in [5.41, 5.74) is 2.50. The molecule has 0 spiro atoms. The number of hydrogen-bond acceptors (Lipinski definition) is 3. The van der Waals surface area contributed by atoms with Crippen LogP contribution in [0.4, 0.5) is 0 Å². The Morgan fingerprint density at radius 2 is 2.17 bits per heavy atom. The molecule has 1 saturated heterocycles. The SMILES string of the molecule is Cc1ncc2cc([C@]3(C)CCCNC3)nc(C)n12. The Balaban J connectivity index is 2.12. The summed E-state index contributed by atoms with van der Waals surface area (Å²) < 4.78 is 2.11. The summed E-state index contributed by atoms with van der Waals surface area (Å²) in [7, 11) is 0. The zero-order valence-corrected chi connectivity index (χ0v) is 11.3. The Bertz CT molecular complexity index is 579. The molecule has 2 aromatic heterocycles. The summed E-state index contributed by atoms with van der Waals surface area (Å²) in [6, 6.07) is 2.19. The van der Waals surface area contributed by atoms with Gasteiger partial charge in [-0.05, 0) is 39.3 Å². The maximum Gasteiger partial charge on any atom is 0.111 e. The highest BCUT2D eigenvalue weighted by Crippen LogP contribution is 2.30. The van der Waals surface area contributed by atoms with E-state index in [2.05, 4.69) is 34.6 Å². The molecule has 0 aliphatic carbocycles. The second-order valence-corrected chi connectivity index (χ2v) is 5.60. The maximum absolute atomic E-state index is 4.81. The zero-order chi connectivity index (χ0) is 12.8. The van der Waals surface area contributed by atoms with Crippen molar-refractivity contribution in [3.8, 4) is 0 Å². The lowest BCUT2D eigenvalue weighted by Gasteiger charge is -2.33. The van der Waals surface area contributed by atoms with Crippen LogP contribution in [0.3, 0.4) is 0 Å². The summed E-state index contributed by atoms with van der Waals surface area (Å²) in [6.07, 6.45) is 4.36. The Labute approximate surface area is 107 Å². The van der Waals surface area contributed by atoms with E-state index in [0.717, 1.165) is 30.3 Å². The Kier molecular flexibility index (Phi) is 2.63. The fraction of sp³-hybridized carbons (Fsp3) is 0.571. The zero-order valence-electron chi connectivity index (χ0n) is 11.3. The van der Waals surface area contributed by atoms with Crippen molar-refractivity contribution in [3.63, 3.8) is 0 Å². The van der Waals surface area contributed by atoms with Gasteiger partial charge in [0.15, 0.2) is 0 Å². The lowest BCUT2D eigenvalue weighted by Crippen LogP contribution is -2.41. The molecule has 1 aliphatic heterocycles. The highest BCUT2D eigenvalue weighted by molar-refractivity contribution is 5.49. The Morgan fingerprint density at radius 1 is 1.33 bits per heavy atom. The highest BCUT2D eigenvalue weighted by atomic mass is 15.1. The molecule has 3 rings (SSSR count). The number of imidazole rings is 1. The van der Waals surface area contributed by atoms with E-state index in [1.807, 2.05) is 13.1 Å². The van der Waals surface area contributed by atoms with E-state index in [1.54, 1.807) is 0 Å². The molecule has 2 aromatic rings. The maximum atomic E-state index is 4.81. The number of fused-ring (bicyclic) bond motifs is 1. The van der Waals surface area contributed by atoms with Crippen molar-refractivity contribution in [1.82, 2.24) is 19.7 Å². The van der Waals surface area contributed by atoms with E-state index >= 15 is 0 Å². The van der Waals surface area contributed by atoms with Crippen LogP contribution < -0.4 is 5.32 Å². The minimum atomic E-state index is 0.156. The molecule has 0 unspecified atom stereocenters. The average molecular weight is 244 g/mol. The summed E-state index contributed by atoms with van der Waals surface area (Å²) in [6.45, 7) is 8.53. The number of hydrogen-bond donors (Lipinski definition) is 1. The van der Waals surface area contributed by atoms with Gasteiger partial charge >= 0.3 is 0 Å². The first kappa shape index (κ1) is 11.7. The smallest absolute Gasteiger partial charge is 0.111 e. The quantitative estimate of drug-likeness (QED) is 0.834. The molecule has 0 radical (unpaired) electrons. The van der Waals surface area contributed by atoms with Gasteiger partial charge in [0, 0.05) is 12.0 Å². The van der Waals surface area contributed by atoms with E-state index in [1.165, 1.54) is 18.5 Å². The van der Waals surface area contributed by atoms with Crippen LogP contribution in [-0.4, -0.2) is 27.5 Å². The van der Waals surface area contributed by atoms with E-state index in [-0.39, 0.29) is 5.41 Å². The molecule has 4 heteroatoms. The van der Waals surface area contributed by atoms with Gasteiger partial charge in [0.05, 0.1) is 17.4 Å². The lowest BCUT2D eigenvalue weighted by molar-refractivity contribution is 0.331. The minimum Gasteiger partial charge on any atom is -0.316 e. The summed E-state index contributed by atoms with van der Waals surface area (Å²) in [5, 5.41) is 3.48. The standard InChI is InChI=1S/C14H20N4/c1-10-16-8-12-7-13(17-11(2)18(10)12)14(3)5-4-6-15-9-14/h7-8,15H,4-6,9H2,1-3H3/t14-/m1/s1. The molecular weight excluding hydrogens is 224 g/mol. The highest BCUT2D eigenvalue weighted by Gasteiger charge is 2.30. The summed E-state index contributed by atoms with van der Waals surface area (Å²) >= 11 is 0. The molecule has 1 N–H and O–H groups in total. The van der Waals surface area contributed by atoms with Gasteiger partial charge in [-0.3, -0.25) is 4.40 Å². The topological polar surface area (TPSA) is 42.2 Å². The summed E-state index contributed by atoms with van der Waals surface area (Å²) in [4.78, 5) is 9.19. The van der Waals surface area contributed by atoms with Gasteiger partial charge in [-0.25, -0.2) is 9.97 Å². The van der Waals surface area contributed by atoms with E-state index in [9.17, 15) is 0 Å². The third kappa shape index (κ3) is 1.72. The van der Waals surface area contributed by atoms with Gasteiger partial charge < -0.3 is 5.32 Å². The molecule has 18 heavy (non-hydrogen) atoms. The van der Waals surface area contributed by atoms with Crippen LogP contribution in [0.5, 0.6) is 0 Å². The van der Waals surface area contributed by atoms with E-state index < -0.39 is 0 Å². The van der Waals surface area contributed by atoms with Gasteiger partial charge in [0.2, 0.25) is 0 Å². The third-order valence-corrected chi connectivity index (χ3v) is 4.07. The summed E-state index contributed by atoms with van der Waals surface area (Å²) in [5.74, 6) is 2.04. The Hall–Kier alpha value is -1.42. The number of nitrogens with one attached hydrogen (secondary N) is 1. The Morgan fingerprint density at radius 3 is 2.89 bits per heavy atom. The molecule has 96 valence electrons. The molecule has 0 aromatic carbocycles. The number of piperidine rings is 1. The fourth-order valence-electron chi connectivity index (χ4n) is 2.97. The second-order valence-electron chi connectivity index (χ2n) is 5.60. The third-order valence-electron chi connectivity index (χ3n) is 4.07. The first-order valence-electron chi connectivity index (χ1n) is 6.63. The molecule has 3 heterocycles. The van der Waals surface area contributed by atoms with Gasteiger partial charge in [0.1, 0.15) is 11.6 Å². The largest absolute Gasteiger partial charge is 0.316 e. The van der Waals surface area contributed by atoms with Crippen LogP contribution in [0.1, 0.15) is 37.1 Å². The average Bonchev–Trinajstić information content (AvgIpc) is 2.72. The van der Waals surface area contributed by atoms with Gasteiger partial charge in [-0.1, -0.05) is 6.92 Å². The van der Waals surface area contributed by atoms with Crippen LogP contribution in [-0.2, 0) is 5.41 Å². The molecule has 0 amide bonds. The van der Waals surface area contributed by atoms with Crippen molar-refractivity contribution < 1.29 is 0 Å². The monoisotopic (exact) mass is 244 g/mol. The van der Waals surface area contributed by atoms with Crippen LogP contribution in [0.25, 0.3) is 5.52 Å². The molecule has 1 aliphatic rings. The van der Waals surface area contributed by atoms with E-state index in [4.69, 9.17) is 4.98 Å². The molecular formula is C14H20N4. The second kappa shape index (κ2) is 4.05. The van der Waals surface area contributed by atoms with Crippen molar-refractivity contribution >= 4 is 5.52 Å². The van der Waals surface area contributed by atoms with Gasteiger partial charge in [0.25, 0.3) is 0 Å². The molecule has 0 bridgehead atoms. The van der Waals surface area contributed by atoms with Gasteiger partial charge in [-0.2, -0.15) is 0 Å². The van der Waals surface area contributed by atoms with Crippen molar-refractivity contribution in [1.29, 1.82) is 0 Å². The van der Waals surface area contributed by atoms with Crippen molar-refractivity contribution in [2.75, 3.05) is 13.1 Å². The number of aryl methyl sites for hydroxylation is 2. The van der Waals surface area contributed by atoms with Crippen LogP contribution >= 0.6 is 0 Å². The fourth-order valence-corrected chi connectivity index (χ4v) is 2.97. The minimum absolute atomic E-state index is 0.156. The number of rotatable bonds is 1. The first-order valence-corrected chi connectivity index (χ1v) is 6.63. The first-order chi connectivity index (χ1) is 8.60. The van der Waals surface area contributed by atoms with Crippen LogP contribution in [0, 0.1) is 13.8 Å². The van der Waals surface area contributed by atoms with Crippen molar-refractivity contribution in [3.05, 3.63) is 29.6 Å². The van der Waals surface area contributed by atoms with Crippen LogP contribution in [0.2, 0.25) is 0 Å². The van der Waals surface area contributed by atoms with Crippen LogP contribution in [0.15, 0.2) is 12.3 Å². The predicted molar refractivity (Wildman–Crippen MR) is 71.9 cm³/mol. The number of aromatic nitrogens is 3. The normalized spacial score (nSPS) is 24.6. The predicted octanol–water partition coefficient (Wildman–Crippen LogP) is 1.99. The van der Waals surface area contributed by atoms with E-state index in [0.29, 0.717) is 0 Å². The molecule has 1 fully saturated rings. The van der Waals surface area contributed by atoms with Crippen molar-refractivity contribution in [2.24, 2.45) is 0 Å². The van der Waals surface area contributed by atoms with Crippen molar-refractivity contribution in [2.45, 2.75) is 39.0 Å². The number of nitrogens with zero attached hydrogens (tertiary/aromatic N) is 3. The molecule has 1 atom stereocenters. The molecule has 4 nitrogen and oxygen atoms in total. The van der Waals surface area contributed by atoms with Gasteiger partial charge in [-0.15, -0.1) is 0 Å². The lowest BCUT2D eigenvalue weighted by atomic mass is 9.79.